The number of unbranched alkanes of at least 4 members (excludes halogenated alkanes) is 7. The number of carbonyl (C=O) groups is 1. The van der Waals surface area contributed by atoms with E-state index in [1.807, 2.05) is 0 Å². The van der Waals surface area contributed by atoms with Crippen LogP contribution in [0.1, 0.15) is 78.6 Å². The minimum Gasteiger partial charge on any atom is -0.462 e. The molecule has 0 aromatic rings. The molecule has 21 heavy (non-hydrogen) atoms. The highest BCUT2D eigenvalue weighted by Crippen LogP contribution is 2.15. The Labute approximate surface area is 129 Å². The summed E-state index contributed by atoms with van der Waals surface area (Å²) in [6.07, 6.45) is 8.28. The van der Waals surface area contributed by atoms with Crippen molar-refractivity contribution >= 4 is 16.1 Å². The maximum Gasteiger partial charge on any atom is 0.327 e. The van der Waals surface area contributed by atoms with Crippen LogP contribution in [-0.2, 0) is 19.6 Å². The van der Waals surface area contributed by atoms with Crippen molar-refractivity contribution in [2.24, 2.45) is 0 Å². The van der Waals surface area contributed by atoms with Crippen molar-refractivity contribution in [3.63, 3.8) is 0 Å². The normalized spacial score (nSPS) is 13.4. The first-order chi connectivity index (χ1) is 9.79. The lowest BCUT2D eigenvalue weighted by molar-refractivity contribution is -0.147. The fourth-order valence-electron chi connectivity index (χ4n) is 2.16. The Bertz CT molecular complexity index is 376. The number of carbonyl (C=O) groups excluding carboxylic acids is 1. The SMILES string of the molecule is CCCCCCCCCCC(C(=O)OC(C)C)S(=O)(=O)O. The fraction of sp³-hybridized carbons (Fsp3) is 0.933. The second-order valence-corrected chi connectivity index (χ2v) is 7.35. The van der Waals surface area contributed by atoms with E-state index in [9.17, 15) is 13.2 Å². The average Bonchev–Trinajstić information content (AvgIpc) is 2.34. The fourth-order valence-corrected chi connectivity index (χ4v) is 2.92. The third kappa shape index (κ3) is 10.7. The van der Waals surface area contributed by atoms with Gasteiger partial charge in [-0.1, -0.05) is 58.3 Å². The van der Waals surface area contributed by atoms with Crippen LogP contribution < -0.4 is 0 Å². The molecule has 1 N–H and O–H groups in total. The van der Waals surface area contributed by atoms with Crippen LogP contribution in [-0.4, -0.2) is 30.3 Å². The van der Waals surface area contributed by atoms with E-state index < -0.39 is 21.3 Å². The van der Waals surface area contributed by atoms with Gasteiger partial charge in [0.1, 0.15) is 0 Å². The van der Waals surface area contributed by atoms with Gasteiger partial charge in [-0.15, -0.1) is 0 Å². The van der Waals surface area contributed by atoms with E-state index in [1.165, 1.54) is 25.7 Å². The minimum atomic E-state index is -4.39. The third-order valence-corrected chi connectivity index (χ3v) is 4.44. The number of rotatable bonds is 12. The van der Waals surface area contributed by atoms with Crippen molar-refractivity contribution < 1.29 is 22.5 Å². The van der Waals surface area contributed by atoms with Gasteiger partial charge < -0.3 is 4.74 Å². The second kappa shape index (κ2) is 11.0. The number of esters is 1. The van der Waals surface area contributed by atoms with E-state index in [2.05, 4.69) is 6.92 Å². The van der Waals surface area contributed by atoms with E-state index in [1.54, 1.807) is 13.8 Å². The molecule has 0 bridgehead atoms. The smallest absolute Gasteiger partial charge is 0.327 e. The van der Waals surface area contributed by atoms with Gasteiger partial charge in [-0.2, -0.15) is 8.42 Å². The van der Waals surface area contributed by atoms with E-state index in [0.717, 1.165) is 19.3 Å². The quantitative estimate of drug-likeness (QED) is 0.336. The Balaban J connectivity index is 4.02. The van der Waals surface area contributed by atoms with E-state index in [0.29, 0.717) is 6.42 Å². The van der Waals surface area contributed by atoms with Gasteiger partial charge in [-0.05, 0) is 20.3 Å². The summed E-state index contributed by atoms with van der Waals surface area (Å²) in [4.78, 5) is 11.7. The zero-order valence-corrected chi connectivity index (χ0v) is 14.3. The summed E-state index contributed by atoms with van der Waals surface area (Å²) in [5, 5.41) is -1.44. The van der Waals surface area contributed by atoms with Crippen LogP contribution in [0.15, 0.2) is 0 Å². The first-order valence-electron chi connectivity index (χ1n) is 7.95. The Morgan fingerprint density at radius 2 is 1.48 bits per heavy atom. The van der Waals surface area contributed by atoms with Gasteiger partial charge in [0.2, 0.25) is 0 Å². The summed E-state index contributed by atoms with van der Waals surface area (Å²) in [6.45, 7) is 5.47. The molecule has 0 radical (unpaired) electrons. The molecule has 0 saturated heterocycles. The van der Waals surface area contributed by atoms with Gasteiger partial charge in [-0.3, -0.25) is 9.35 Å². The number of hydrogen-bond acceptors (Lipinski definition) is 4. The van der Waals surface area contributed by atoms with Gasteiger partial charge in [0.05, 0.1) is 6.10 Å². The zero-order valence-electron chi connectivity index (χ0n) is 13.5. The summed E-state index contributed by atoms with van der Waals surface area (Å²) in [5.74, 6) is -0.851. The van der Waals surface area contributed by atoms with E-state index in [4.69, 9.17) is 9.29 Å². The second-order valence-electron chi connectivity index (χ2n) is 5.75. The average molecular weight is 322 g/mol. The molecule has 0 aromatic carbocycles. The van der Waals surface area contributed by atoms with Crippen LogP contribution in [0.25, 0.3) is 0 Å². The van der Waals surface area contributed by atoms with Gasteiger partial charge in [0.15, 0.2) is 5.25 Å². The third-order valence-electron chi connectivity index (χ3n) is 3.29. The van der Waals surface area contributed by atoms with Gasteiger partial charge in [0.25, 0.3) is 10.1 Å². The monoisotopic (exact) mass is 322 g/mol. The van der Waals surface area contributed by atoms with Crippen molar-refractivity contribution in [3.8, 4) is 0 Å². The highest BCUT2D eigenvalue weighted by molar-refractivity contribution is 7.87. The van der Waals surface area contributed by atoms with E-state index in [-0.39, 0.29) is 12.5 Å². The lowest BCUT2D eigenvalue weighted by Gasteiger charge is -2.15. The first-order valence-corrected chi connectivity index (χ1v) is 9.46. The Morgan fingerprint density at radius 1 is 1.00 bits per heavy atom. The molecule has 0 rings (SSSR count). The van der Waals surface area contributed by atoms with Crippen molar-refractivity contribution in [2.45, 2.75) is 89.9 Å². The lowest BCUT2D eigenvalue weighted by Crippen LogP contribution is -2.33. The zero-order chi connectivity index (χ0) is 16.3. The van der Waals surface area contributed by atoms with Crippen LogP contribution >= 0.6 is 0 Å². The lowest BCUT2D eigenvalue weighted by atomic mass is 10.1. The predicted molar refractivity (Wildman–Crippen MR) is 83.8 cm³/mol. The van der Waals surface area contributed by atoms with Gasteiger partial charge >= 0.3 is 5.97 Å². The summed E-state index contributed by atoms with van der Waals surface area (Å²) in [7, 11) is -4.39. The summed E-state index contributed by atoms with van der Waals surface area (Å²) < 4.78 is 36.5. The molecule has 0 spiro atoms. The van der Waals surface area contributed by atoms with Crippen molar-refractivity contribution in [2.75, 3.05) is 0 Å². The molecule has 126 valence electrons. The highest BCUT2D eigenvalue weighted by atomic mass is 32.2. The number of hydrogen-bond donors (Lipinski definition) is 1. The van der Waals surface area contributed by atoms with Crippen molar-refractivity contribution in [1.29, 1.82) is 0 Å². The maximum atomic E-state index is 11.7. The van der Waals surface area contributed by atoms with E-state index >= 15 is 0 Å². The molecule has 1 unspecified atom stereocenters. The van der Waals surface area contributed by atoms with Crippen LogP contribution in [0.3, 0.4) is 0 Å². The van der Waals surface area contributed by atoms with Crippen molar-refractivity contribution in [1.82, 2.24) is 0 Å². The van der Waals surface area contributed by atoms with Gasteiger partial charge in [-0.25, -0.2) is 0 Å². The molecule has 0 aromatic heterocycles. The maximum absolute atomic E-state index is 11.7. The predicted octanol–water partition coefficient (Wildman–Crippen LogP) is 3.73. The molecule has 0 aliphatic rings. The summed E-state index contributed by atoms with van der Waals surface area (Å²) in [5.41, 5.74) is 0. The molecular formula is C15H30O5S. The van der Waals surface area contributed by atoms with Gasteiger partial charge in [0, 0.05) is 0 Å². The van der Waals surface area contributed by atoms with Crippen LogP contribution in [0, 0.1) is 0 Å². The summed E-state index contributed by atoms with van der Waals surface area (Å²) in [6, 6.07) is 0. The topological polar surface area (TPSA) is 80.7 Å². The Hall–Kier alpha value is -0.620. The standard InChI is InChI=1S/C15H30O5S/c1-4-5-6-7-8-9-10-11-12-14(21(17,18)19)15(16)20-13(2)3/h13-14H,4-12H2,1-3H3,(H,17,18,19). The highest BCUT2D eigenvalue weighted by Gasteiger charge is 2.32. The molecule has 1 atom stereocenters. The van der Waals surface area contributed by atoms with Crippen LogP contribution in [0.5, 0.6) is 0 Å². The first kappa shape index (κ1) is 20.4. The molecule has 0 aliphatic carbocycles. The van der Waals surface area contributed by atoms with Crippen LogP contribution in [0.2, 0.25) is 0 Å². The molecule has 0 amide bonds. The molecule has 6 heteroatoms. The summed E-state index contributed by atoms with van der Waals surface area (Å²) >= 11 is 0. The minimum absolute atomic E-state index is 0.124. The Morgan fingerprint density at radius 3 is 1.90 bits per heavy atom. The molecule has 0 fully saturated rings. The largest absolute Gasteiger partial charge is 0.462 e. The molecule has 5 nitrogen and oxygen atoms in total. The van der Waals surface area contributed by atoms with Crippen LogP contribution in [0.4, 0.5) is 0 Å². The van der Waals surface area contributed by atoms with Crippen molar-refractivity contribution in [3.05, 3.63) is 0 Å². The number of ether oxygens (including phenoxy) is 1. The molecule has 0 heterocycles. The molecule has 0 saturated carbocycles. The molecule has 0 aliphatic heterocycles. The Kier molecular flexibility index (Phi) is 10.7. The molecular weight excluding hydrogens is 292 g/mol.